The van der Waals surface area contributed by atoms with E-state index in [0.29, 0.717) is 36.5 Å². The van der Waals surface area contributed by atoms with E-state index in [1.54, 1.807) is 6.07 Å². The van der Waals surface area contributed by atoms with Crippen molar-refractivity contribution >= 4 is 24.2 Å². The van der Waals surface area contributed by atoms with Crippen molar-refractivity contribution < 1.29 is 23.7 Å². The number of ether oxygens (including phenoxy) is 3. The Balaban J connectivity index is 0.994. The molecule has 3 N–H and O–H groups in total. The van der Waals surface area contributed by atoms with E-state index in [1.165, 1.54) is 6.07 Å². The Hall–Kier alpha value is -2.17. The highest BCUT2D eigenvalue weighted by atomic mass is 35.5. The molecule has 6 rings (SSSR count). The summed E-state index contributed by atoms with van der Waals surface area (Å²) in [5, 5.41) is 10.8. The van der Waals surface area contributed by atoms with Crippen LogP contribution >= 0.6 is 24.2 Å². The second-order valence-corrected chi connectivity index (χ2v) is 12.9. The molecule has 42 heavy (non-hydrogen) atoms. The van der Waals surface area contributed by atoms with Crippen LogP contribution in [0, 0.1) is 12.7 Å². The van der Waals surface area contributed by atoms with Crippen LogP contribution in [0.15, 0.2) is 60.7 Å². The average molecular weight is 613 g/mol. The highest BCUT2D eigenvalue weighted by Gasteiger charge is 2.40. The van der Waals surface area contributed by atoms with Gasteiger partial charge in [0.2, 0.25) is 0 Å². The lowest BCUT2D eigenvalue weighted by molar-refractivity contribution is -0.0914. The minimum atomic E-state index is -0.420. The Morgan fingerprint density at radius 3 is 2.60 bits per heavy atom. The number of thiol groups is 1. The lowest BCUT2D eigenvalue weighted by Gasteiger charge is -2.47. The van der Waals surface area contributed by atoms with Gasteiger partial charge >= 0.3 is 0 Å². The molecule has 0 spiro atoms. The summed E-state index contributed by atoms with van der Waals surface area (Å²) in [5.41, 5.74) is 10.9. The van der Waals surface area contributed by atoms with Crippen LogP contribution < -0.4 is 10.5 Å². The first-order chi connectivity index (χ1) is 20.2. The highest BCUT2D eigenvalue weighted by molar-refractivity contribution is 7.80. The summed E-state index contributed by atoms with van der Waals surface area (Å²) in [6, 6.07) is 19.1. The van der Waals surface area contributed by atoms with Crippen molar-refractivity contribution in [2.75, 3.05) is 19.7 Å². The largest absolute Gasteiger partial charge is 0.488 e. The van der Waals surface area contributed by atoms with Crippen molar-refractivity contribution in [2.24, 2.45) is 5.73 Å². The third-order valence-electron chi connectivity index (χ3n) is 8.60. The number of rotatable bonds is 7. The van der Waals surface area contributed by atoms with Crippen molar-refractivity contribution in [1.82, 2.24) is 4.90 Å². The number of nitrogens with two attached hydrogens (primary N) is 1. The Morgan fingerprint density at radius 1 is 1.07 bits per heavy atom. The van der Waals surface area contributed by atoms with E-state index in [9.17, 15) is 9.50 Å². The fraction of sp³-hybridized carbons (Fsp3) is 0.455. The van der Waals surface area contributed by atoms with Gasteiger partial charge in [-0.2, -0.15) is 0 Å². The third-order valence-corrected chi connectivity index (χ3v) is 9.30. The fourth-order valence-electron chi connectivity index (χ4n) is 6.26. The first-order valence-electron chi connectivity index (χ1n) is 14.6. The monoisotopic (exact) mass is 612 g/mol. The topological polar surface area (TPSA) is 77.2 Å². The van der Waals surface area contributed by atoms with E-state index in [2.05, 4.69) is 35.7 Å². The second kappa shape index (κ2) is 12.8. The van der Waals surface area contributed by atoms with Crippen LogP contribution in [0.25, 0.3) is 0 Å². The zero-order chi connectivity index (χ0) is 29.4. The zero-order valence-corrected chi connectivity index (χ0v) is 25.3. The maximum atomic E-state index is 14.4. The van der Waals surface area contributed by atoms with Crippen LogP contribution in [-0.4, -0.2) is 59.4 Å². The van der Waals surface area contributed by atoms with Gasteiger partial charge < -0.3 is 25.1 Å². The number of halogens is 2. The molecule has 0 aliphatic carbocycles. The molecular formula is C33H38ClFN2O4S. The Bertz CT molecular complexity index is 1380. The quantitative estimate of drug-likeness (QED) is 0.294. The molecule has 9 heteroatoms. The second-order valence-electron chi connectivity index (χ2n) is 11.9. The Labute approximate surface area is 257 Å². The van der Waals surface area contributed by atoms with Crippen LogP contribution in [0.1, 0.15) is 59.3 Å². The van der Waals surface area contributed by atoms with E-state index < -0.39 is 12.2 Å². The van der Waals surface area contributed by atoms with Gasteiger partial charge in [0, 0.05) is 48.6 Å². The van der Waals surface area contributed by atoms with Crippen LogP contribution in [-0.2, 0) is 15.9 Å². The molecule has 0 bridgehead atoms. The van der Waals surface area contributed by atoms with Gasteiger partial charge in [0.15, 0.2) is 0 Å². The molecule has 6 nitrogen and oxygen atoms in total. The Kier molecular flexibility index (Phi) is 9.12. The standard InChI is InChI=1S/C33H38ClFN2O4S/c1-19-2-9-29(35)27(10-19)33-30(36)13-23(18-39-33)37-16-26(17-37)40-25-6-3-20(4-7-25)11-22-12-21(5-8-28(22)34)31-14-24(38)15-32(42)41-31/h2-10,12,23-24,26,30-33,38,42H,11,13-18,36H2,1H3/t23-,24?,30-,31+,32+,33+/m0/s1. The number of aliphatic hydroxyl groups is 1. The molecule has 3 aliphatic heterocycles. The summed E-state index contributed by atoms with van der Waals surface area (Å²) >= 11 is 11.0. The van der Waals surface area contributed by atoms with Gasteiger partial charge in [-0.3, -0.25) is 4.90 Å². The molecule has 3 fully saturated rings. The van der Waals surface area contributed by atoms with Crippen LogP contribution in [0.4, 0.5) is 4.39 Å². The van der Waals surface area contributed by atoms with Gasteiger partial charge in [-0.1, -0.05) is 53.6 Å². The summed E-state index contributed by atoms with van der Waals surface area (Å²) < 4.78 is 32.7. The molecule has 0 saturated carbocycles. The molecule has 0 radical (unpaired) electrons. The molecule has 3 heterocycles. The number of hydrogen-bond donors (Lipinski definition) is 3. The van der Waals surface area contributed by atoms with Crippen LogP contribution in [0.2, 0.25) is 5.02 Å². The number of benzene rings is 3. The summed E-state index contributed by atoms with van der Waals surface area (Å²) in [5.74, 6) is 0.570. The molecule has 6 atom stereocenters. The van der Waals surface area contributed by atoms with Crippen molar-refractivity contribution in [3.63, 3.8) is 0 Å². The van der Waals surface area contributed by atoms with Crippen LogP contribution in [0.5, 0.6) is 5.75 Å². The van der Waals surface area contributed by atoms with Crippen molar-refractivity contribution in [3.8, 4) is 5.75 Å². The van der Waals surface area contributed by atoms with E-state index in [1.807, 2.05) is 37.3 Å². The van der Waals surface area contributed by atoms with Crippen molar-refractivity contribution in [3.05, 3.63) is 99.3 Å². The molecule has 3 aromatic rings. The predicted octanol–water partition coefficient (Wildman–Crippen LogP) is 5.77. The summed E-state index contributed by atoms with van der Waals surface area (Å²) in [6.07, 6.45) is 1.59. The number of likely N-dealkylation sites (tertiary alicyclic amines) is 1. The predicted molar refractivity (Wildman–Crippen MR) is 165 cm³/mol. The molecule has 3 saturated heterocycles. The molecule has 1 unspecified atom stereocenters. The van der Waals surface area contributed by atoms with E-state index in [-0.39, 0.29) is 35.5 Å². The fourth-order valence-corrected chi connectivity index (χ4v) is 6.84. The van der Waals surface area contributed by atoms with Crippen molar-refractivity contribution in [2.45, 2.75) is 74.5 Å². The number of aliphatic hydroxyl groups excluding tert-OH is 1. The molecule has 3 aromatic carbocycles. The van der Waals surface area contributed by atoms with Crippen LogP contribution in [0.3, 0.4) is 0 Å². The third kappa shape index (κ3) is 6.81. The highest BCUT2D eigenvalue weighted by Crippen LogP contribution is 2.36. The molecule has 224 valence electrons. The minimum absolute atomic E-state index is 0.103. The lowest BCUT2D eigenvalue weighted by atomic mass is 9.91. The van der Waals surface area contributed by atoms with E-state index >= 15 is 0 Å². The van der Waals surface area contributed by atoms with Crippen molar-refractivity contribution in [1.29, 1.82) is 0 Å². The van der Waals surface area contributed by atoms with E-state index in [4.69, 9.17) is 31.5 Å². The van der Waals surface area contributed by atoms with Gasteiger partial charge in [0.05, 0.1) is 18.8 Å². The van der Waals surface area contributed by atoms with Gasteiger partial charge in [-0.25, -0.2) is 4.39 Å². The number of hydrogen-bond acceptors (Lipinski definition) is 7. The number of aryl methyl sites for hydroxylation is 1. The van der Waals surface area contributed by atoms with Gasteiger partial charge in [-0.05, 0) is 60.7 Å². The van der Waals surface area contributed by atoms with Gasteiger partial charge in [0.25, 0.3) is 0 Å². The first kappa shape index (κ1) is 29.9. The smallest absolute Gasteiger partial charge is 0.129 e. The maximum Gasteiger partial charge on any atom is 0.129 e. The van der Waals surface area contributed by atoms with Gasteiger partial charge in [-0.15, -0.1) is 12.6 Å². The SMILES string of the molecule is Cc1ccc(F)c([C@H]2OC[C@@H](N3CC(Oc4ccc(Cc5cc([C@H]6CC(O)C[C@@H](S)O6)ccc5Cl)cc4)C3)C[C@@H]2N)c1. The summed E-state index contributed by atoms with van der Waals surface area (Å²) in [4.78, 5) is 2.33. The minimum Gasteiger partial charge on any atom is -0.488 e. The molecular weight excluding hydrogens is 575 g/mol. The average Bonchev–Trinajstić information content (AvgIpc) is 2.93. The summed E-state index contributed by atoms with van der Waals surface area (Å²) in [6.45, 7) is 4.08. The Morgan fingerprint density at radius 2 is 1.86 bits per heavy atom. The molecule has 0 amide bonds. The zero-order valence-electron chi connectivity index (χ0n) is 23.7. The summed E-state index contributed by atoms with van der Waals surface area (Å²) in [7, 11) is 0. The molecule has 3 aliphatic rings. The number of nitrogens with zero attached hydrogens (tertiary/aromatic N) is 1. The first-order valence-corrected chi connectivity index (χ1v) is 15.5. The maximum absolute atomic E-state index is 14.4. The lowest BCUT2D eigenvalue weighted by Crippen LogP contribution is -2.61. The molecule has 0 aromatic heterocycles. The normalized spacial score (nSPS) is 28.8. The van der Waals surface area contributed by atoms with Gasteiger partial charge in [0.1, 0.15) is 29.2 Å². The van der Waals surface area contributed by atoms with E-state index in [0.717, 1.165) is 47.5 Å².